The molecule has 0 unspecified atom stereocenters. The molecule has 3 heteroatoms. The van der Waals surface area contributed by atoms with Crippen LogP contribution in [0.2, 0.25) is 0 Å². The summed E-state index contributed by atoms with van der Waals surface area (Å²) in [6.07, 6.45) is 12.2. The SMILES string of the molecule is CCc1ccc([C](=[Zr+2])c2ccccc2)cc1.[C-]1=CC=CC1.[Cl-].[Cl-].[c-]1cccc2c1Cc1ccccc1-2. The number of halogens is 2. The molecule has 0 atom stereocenters. The van der Waals surface area contributed by atoms with Gasteiger partial charge < -0.3 is 24.8 Å². The summed E-state index contributed by atoms with van der Waals surface area (Å²) in [5.74, 6) is 0. The minimum atomic E-state index is 0. The van der Waals surface area contributed by atoms with E-state index in [0.717, 1.165) is 19.3 Å². The van der Waals surface area contributed by atoms with Crippen LogP contribution >= 0.6 is 0 Å². The van der Waals surface area contributed by atoms with Gasteiger partial charge in [-0.15, -0.1) is 12.0 Å². The Kier molecular flexibility index (Phi) is 13.1. The van der Waals surface area contributed by atoms with Crippen LogP contribution in [0.1, 0.15) is 41.2 Å². The van der Waals surface area contributed by atoms with Crippen LogP contribution in [0.25, 0.3) is 11.1 Å². The fourth-order valence-corrected chi connectivity index (χ4v) is 4.84. The van der Waals surface area contributed by atoms with E-state index in [2.05, 4.69) is 116 Å². The molecule has 0 nitrogen and oxygen atoms in total. The molecule has 0 bridgehead atoms. The van der Waals surface area contributed by atoms with Crippen LogP contribution in [-0.4, -0.2) is 3.21 Å². The average Bonchev–Trinajstić information content (AvgIpc) is 3.61. The molecule has 0 aromatic heterocycles. The van der Waals surface area contributed by atoms with Crippen molar-refractivity contribution in [1.29, 1.82) is 0 Å². The van der Waals surface area contributed by atoms with Crippen molar-refractivity contribution in [3.05, 3.63) is 155 Å². The van der Waals surface area contributed by atoms with E-state index >= 15 is 0 Å². The Morgan fingerprint density at radius 2 is 1.44 bits per heavy atom. The molecule has 2 aliphatic rings. The maximum absolute atomic E-state index is 3.30. The normalized spacial score (nSPS) is 11.4. The van der Waals surface area contributed by atoms with E-state index in [1.54, 1.807) is 0 Å². The van der Waals surface area contributed by atoms with Crippen LogP contribution in [0.3, 0.4) is 0 Å². The molecule has 36 heavy (non-hydrogen) atoms. The van der Waals surface area contributed by atoms with E-state index < -0.39 is 0 Å². The Bertz CT molecular complexity index is 1240. The fraction of sp³-hybridized carbons (Fsp3) is 0.121. The van der Waals surface area contributed by atoms with E-state index in [-0.39, 0.29) is 24.8 Å². The third-order valence-electron chi connectivity index (χ3n) is 5.92. The van der Waals surface area contributed by atoms with E-state index in [9.17, 15) is 0 Å². The zero-order valence-corrected chi connectivity index (χ0v) is 24.3. The molecule has 180 valence electrons. The van der Waals surface area contributed by atoms with Gasteiger partial charge in [0.15, 0.2) is 0 Å². The summed E-state index contributed by atoms with van der Waals surface area (Å²) in [5, 5.41) is 0. The first-order valence-electron chi connectivity index (χ1n) is 11.8. The van der Waals surface area contributed by atoms with E-state index in [1.165, 1.54) is 66.4 Å². The Hall–Kier alpha value is -2.31. The van der Waals surface area contributed by atoms with Crippen LogP contribution < -0.4 is 24.8 Å². The zero-order chi connectivity index (χ0) is 23.6. The number of benzene rings is 4. The summed E-state index contributed by atoms with van der Waals surface area (Å²) < 4.78 is 1.43. The summed E-state index contributed by atoms with van der Waals surface area (Å²) in [5.41, 5.74) is 9.60. The van der Waals surface area contributed by atoms with E-state index in [4.69, 9.17) is 0 Å². The maximum atomic E-state index is 3.30. The molecule has 0 saturated heterocycles. The summed E-state index contributed by atoms with van der Waals surface area (Å²) in [4.78, 5) is 0. The summed E-state index contributed by atoms with van der Waals surface area (Å²) in [6.45, 7) is 2.19. The monoisotopic (exact) mass is 584 g/mol. The number of aryl methyl sites for hydroxylation is 1. The van der Waals surface area contributed by atoms with Crippen molar-refractivity contribution in [2.45, 2.75) is 26.2 Å². The number of fused-ring (bicyclic) bond motifs is 3. The Morgan fingerprint density at radius 1 is 0.778 bits per heavy atom. The molecule has 4 aromatic rings. The van der Waals surface area contributed by atoms with Crippen LogP contribution in [0.15, 0.2) is 115 Å². The molecule has 6 rings (SSSR count). The molecule has 0 amide bonds. The molecule has 0 heterocycles. The Labute approximate surface area is 243 Å². The predicted molar refractivity (Wildman–Crippen MR) is 141 cm³/mol. The minimum Gasteiger partial charge on any atom is -1.00 e. The number of allylic oxidation sites excluding steroid dienone is 4. The zero-order valence-electron chi connectivity index (χ0n) is 20.3. The molecule has 2 aliphatic carbocycles. The molecule has 0 radical (unpaired) electrons. The van der Waals surface area contributed by atoms with Gasteiger partial charge in [-0.05, 0) is 6.42 Å². The predicted octanol–water partition coefficient (Wildman–Crippen LogP) is 1.74. The smallest absolute Gasteiger partial charge is 0.0253 e. The van der Waals surface area contributed by atoms with Gasteiger partial charge in [-0.1, -0.05) is 35.4 Å². The molecule has 0 fully saturated rings. The van der Waals surface area contributed by atoms with Gasteiger partial charge in [0.05, 0.1) is 0 Å². The molecule has 0 N–H and O–H groups in total. The Morgan fingerprint density at radius 3 is 2.08 bits per heavy atom. The molecular formula is C33H28Cl2Zr-2. The van der Waals surface area contributed by atoms with Crippen molar-refractivity contribution in [3.8, 4) is 11.1 Å². The van der Waals surface area contributed by atoms with Gasteiger partial charge in [-0.25, -0.2) is 12.2 Å². The second-order valence-corrected chi connectivity index (χ2v) is 9.42. The minimum absolute atomic E-state index is 0. The number of hydrogen-bond acceptors (Lipinski definition) is 0. The van der Waals surface area contributed by atoms with Crippen molar-refractivity contribution < 1.29 is 49.0 Å². The van der Waals surface area contributed by atoms with Crippen molar-refractivity contribution in [2.24, 2.45) is 0 Å². The van der Waals surface area contributed by atoms with Gasteiger partial charge in [0, 0.05) is 0 Å². The van der Waals surface area contributed by atoms with Gasteiger partial charge >= 0.3 is 112 Å². The second-order valence-electron chi connectivity index (χ2n) is 8.19. The third kappa shape index (κ3) is 8.11. The van der Waals surface area contributed by atoms with Crippen molar-refractivity contribution in [3.63, 3.8) is 0 Å². The molecule has 0 aliphatic heterocycles. The van der Waals surface area contributed by atoms with Crippen molar-refractivity contribution >= 4 is 3.21 Å². The van der Waals surface area contributed by atoms with Gasteiger partial charge in [0.25, 0.3) is 0 Å². The average molecular weight is 587 g/mol. The molecular weight excluding hydrogens is 558 g/mol. The fourth-order valence-electron chi connectivity index (χ4n) is 4.02. The first kappa shape index (κ1) is 29.9. The first-order chi connectivity index (χ1) is 16.8. The van der Waals surface area contributed by atoms with Crippen LogP contribution in [0, 0.1) is 12.1 Å². The van der Waals surface area contributed by atoms with Gasteiger partial charge in [-0.2, -0.15) is 35.9 Å². The largest absolute Gasteiger partial charge is 1.00 e. The van der Waals surface area contributed by atoms with E-state index in [0.29, 0.717) is 0 Å². The molecule has 4 aromatic carbocycles. The number of rotatable bonds is 3. The summed E-state index contributed by atoms with van der Waals surface area (Å²) in [7, 11) is 0. The Balaban J connectivity index is 0.000000205. The van der Waals surface area contributed by atoms with Gasteiger partial charge in [0.2, 0.25) is 0 Å². The summed E-state index contributed by atoms with van der Waals surface area (Å²) >= 11 is 1.47. The first-order valence-corrected chi connectivity index (χ1v) is 13.0. The standard InChI is InChI=1S/C15H14.C13H9.C5H5.2ClH.Zr/c1-2-13-8-10-15(11-9-13)12-14-6-4-3-5-7-14;1-3-7-12-10(5-1)9-11-6-2-4-8-13(11)12;1-2-4-5-3-1;;;/h3-11H,2H2,1H3;1-5,7-8H,9H2;1-3H,4H2;2*1H;/q;2*-1;;;+2/p-2. The third-order valence-corrected chi connectivity index (χ3v) is 7.33. The molecule has 0 saturated carbocycles. The second kappa shape index (κ2) is 15.7. The van der Waals surface area contributed by atoms with E-state index in [1.807, 2.05) is 18.2 Å². The van der Waals surface area contributed by atoms with Gasteiger partial charge in [0.1, 0.15) is 0 Å². The van der Waals surface area contributed by atoms with Crippen LogP contribution in [0.4, 0.5) is 0 Å². The van der Waals surface area contributed by atoms with Gasteiger partial charge in [-0.3, -0.25) is 6.08 Å². The number of hydrogen-bond donors (Lipinski definition) is 0. The van der Waals surface area contributed by atoms with Crippen LogP contribution in [0.5, 0.6) is 0 Å². The molecule has 0 spiro atoms. The summed E-state index contributed by atoms with van der Waals surface area (Å²) in [6, 6.07) is 37.6. The van der Waals surface area contributed by atoms with Crippen LogP contribution in [-0.2, 0) is 37.1 Å². The maximum Gasteiger partial charge on any atom is -0.0253 e. The van der Waals surface area contributed by atoms with Crippen molar-refractivity contribution in [2.75, 3.05) is 0 Å². The topological polar surface area (TPSA) is 0 Å². The quantitative estimate of drug-likeness (QED) is 0.283. The van der Waals surface area contributed by atoms with Crippen molar-refractivity contribution in [1.82, 2.24) is 0 Å².